The van der Waals surface area contributed by atoms with E-state index in [9.17, 15) is 22.0 Å². The number of nitrogens with one attached hydrogen (secondary N) is 1. The average Bonchev–Trinajstić information content (AvgIpc) is 3.42. The molecule has 5 rings (SSSR count). The molecule has 0 amide bonds. The fraction of sp³-hybridized carbons (Fsp3) is 0.0870. The van der Waals surface area contributed by atoms with Gasteiger partial charge in [0, 0.05) is 17.7 Å². The van der Waals surface area contributed by atoms with Crippen LogP contribution in [0.2, 0.25) is 0 Å². The van der Waals surface area contributed by atoms with E-state index in [1.54, 1.807) is 29.1 Å². The molecular formula is C23H14F5N4O2+. The average molecular weight is 473 g/mol. The summed E-state index contributed by atoms with van der Waals surface area (Å²) in [6, 6.07) is 12.5. The first-order valence-corrected chi connectivity index (χ1v) is 9.90. The van der Waals surface area contributed by atoms with Crippen LogP contribution in [0.1, 0.15) is 5.76 Å². The molecule has 0 atom stereocenters. The molecule has 0 aliphatic heterocycles. The van der Waals surface area contributed by atoms with Crippen LogP contribution in [0.15, 0.2) is 71.5 Å². The number of aromatic amines is 1. The third-order valence-electron chi connectivity index (χ3n) is 4.97. The van der Waals surface area contributed by atoms with Crippen molar-refractivity contribution >= 4 is 11.0 Å². The highest BCUT2D eigenvalue weighted by molar-refractivity contribution is 5.77. The largest absolute Gasteiger partial charge is 0.573 e. The van der Waals surface area contributed by atoms with Gasteiger partial charge in [-0.2, -0.15) is 4.57 Å². The first-order chi connectivity index (χ1) is 16.2. The van der Waals surface area contributed by atoms with Gasteiger partial charge < -0.3 is 14.2 Å². The van der Waals surface area contributed by atoms with Gasteiger partial charge in [-0.25, -0.2) is 13.8 Å². The number of fused-ring (bicyclic) bond motifs is 1. The summed E-state index contributed by atoms with van der Waals surface area (Å²) in [4.78, 5) is 7.30. The second-order valence-corrected chi connectivity index (χ2v) is 7.35. The highest BCUT2D eigenvalue weighted by atomic mass is 19.4. The lowest BCUT2D eigenvalue weighted by atomic mass is 10.1. The van der Waals surface area contributed by atoms with Crippen LogP contribution >= 0.6 is 0 Å². The number of H-pyrrole nitrogens is 1. The predicted molar refractivity (Wildman–Crippen MR) is 109 cm³/mol. The Morgan fingerprint density at radius 3 is 2.59 bits per heavy atom. The smallest absolute Gasteiger partial charge is 0.406 e. The summed E-state index contributed by atoms with van der Waals surface area (Å²) in [7, 11) is 0. The van der Waals surface area contributed by atoms with Gasteiger partial charge in [0.15, 0.2) is 24.0 Å². The number of ether oxygens (including phenoxy) is 1. The minimum atomic E-state index is -4.76. The third kappa shape index (κ3) is 4.45. The fourth-order valence-corrected chi connectivity index (χ4v) is 3.44. The van der Waals surface area contributed by atoms with E-state index in [0.717, 1.165) is 6.07 Å². The molecule has 0 unspecified atom stereocenters. The van der Waals surface area contributed by atoms with Crippen LogP contribution < -0.4 is 9.30 Å². The number of imidazole rings is 1. The van der Waals surface area contributed by atoms with Gasteiger partial charge >= 0.3 is 6.36 Å². The molecule has 0 aliphatic carbocycles. The van der Waals surface area contributed by atoms with E-state index in [-0.39, 0.29) is 17.1 Å². The van der Waals surface area contributed by atoms with Crippen molar-refractivity contribution in [2.45, 2.75) is 12.9 Å². The summed E-state index contributed by atoms with van der Waals surface area (Å²) in [5.74, 6) is -1.59. The van der Waals surface area contributed by atoms with Crippen LogP contribution in [0.25, 0.3) is 33.7 Å². The Kier molecular flexibility index (Phi) is 5.23. The second-order valence-electron chi connectivity index (χ2n) is 7.35. The molecule has 1 N–H and O–H groups in total. The van der Waals surface area contributed by atoms with Crippen molar-refractivity contribution in [1.29, 1.82) is 0 Å². The van der Waals surface area contributed by atoms with E-state index in [0.29, 0.717) is 34.6 Å². The molecule has 3 aromatic heterocycles. The Morgan fingerprint density at radius 2 is 1.82 bits per heavy atom. The molecule has 34 heavy (non-hydrogen) atoms. The first kappa shape index (κ1) is 21.6. The lowest BCUT2D eigenvalue weighted by Gasteiger charge is -2.08. The summed E-state index contributed by atoms with van der Waals surface area (Å²) in [5.41, 5.74) is 2.19. The topological polar surface area (TPSA) is 67.8 Å². The van der Waals surface area contributed by atoms with Gasteiger partial charge in [-0.05, 0) is 36.4 Å². The van der Waals surface area contributed by atoms with E-state index < -0.39 is 18.0 Å². The van der Waals surface area contributed by atoms with Gasteiger partial charge in [-0.3, -0.25) is 0 Å². The Morgan fingerprint density at radius 1 is 1.03 bits per heavy atom. The minimum Gasteiger partial charge on any atom is -0.406 e. The van der Waals surface area contributed by atoms with Crippen molar-refractivity contribution in [2.75, 3.05) is 0 Å². The molecule has 3 heterocycles. The van der Waals surface area contributed by atoms with E-state index in [1.165, 1.54) is 36.4 Å². The van der Waals surface area contributed by atoms with Crippen molar-refractivity contribution in [3.63, 3.8) is 0 Å². The van der Waals surface area contributed by atoms with E-state index in [4.69, 9.17) is 4.52 Å². The van der Waals surface area contributed by atoms with E-state index >= 15 is 0 Å². The van der Waals surface area contributed by atoms with Crippen LogP contribution in [0.3, 0.4) is 0 Å². The molecule has 2 aromatic carbocycles. The van der Waals surface area contributed by atoms with Gasteiger partial charge in [0.25, 0.3) is 0 Å². The molecule has 11 heteroatoms. The molecular weight excluding hydrogens is 459 g/mol. The van der Waals surface area contributed by atoms with Crippen molar-refractivity contribution in [3.05, 3.63) is 84.4 Å². The number of hydrogen-bond acceptors (Lipinski definition) is 4. The van der Waals surface area contributed by atoms with Crippen LogP contribution in [0, 0.1) is 11.6 Å². The molecule has 0 spiro atoms. The molecule has 0 radical (unpaired) electrons. The summed E-state index contributed by atoms with van der Waals surface area (Å²) >= 11 is 0. The van der Waals surface area contributed by atoms with Crippen molar-refractivity contribution in [1.82, 2.24) is 15.1 Å². The number of hydrogen-bond donors (Lipinski definition) is 1. The normalized spacial score (nSPS) is 11.8. The standard InChI is InChI=1S/C23H13F5N4O2/c24-17-3-1-2-16(21(17)25)22-29-18-8-9-32(12-20(18)30-22)11-15-10-19(31-34-15)13-4-6-14(7-5-13)33-23(26,27)28/h1-10,12H,11H2/p+1. The highest BCUT2D eigenvalue weighted by Crippen LogP contribution is 2.27. The Bertz CT molecular complexity index is 1480. The summed E-state index contributed by atoms with van der Waals surface area (Å²) in [6.45, 7) is 0.293. The molecule has 6 nitrogen and oxygen atoms in total. The van der Waals surface area contributed by atoms with Crippen molar-refractivity contribution in [3.8, 4) is 28.4 Å². The second kappa shape index (κ2) is 8.25. The molecule has 0 bridgehead atoms. The van der Waals surface area contributed by atoms with E-state index in [2.05, 4.69) is 19.9 Å². The van der Waals surface area contributed by atoms with Gasteiger partial charge in [0.05, 0.1) is 5.56 Å². The molecule has 0 aliphatic rings. The van der Waals surface area contributed by atoms with Gasteiger partial charge in [0.1, 0.15) is 28.3 Å². The molecule has 172 valence electrons. The minimum absolute atomic E-state index is 0.0225. The molecule has 0 fully saturated rings. The zero-order valence-corrected chi connectivity index (χ0v) is 17.1. The Hall–Kier alpha value is -4.28. The molecule has 0 saturated carbocycles. The SMILES string of the molecule is Fc1cccc(-c2nc3cc[n+](Cc4cc(-c5ccc(OC(F)(F)F)cc5)no4)cc3[nH]2)c1F. The van der Waals surface area contributed by atoms with Crippen molar-refractivity contribution < 1.29 is 35.8 Å². The van der Waals surface area contributed by atoms with Crippen LogP contribution in [-0.4, -0.2) is 21.5 Å². The van der Waals surface area contributed by atoms with Crippen molar-refractivity contribution in [2.24, 2.45) is 0 Å². The number of alkyl halides is 3. The number of rotatable bonds is 5. The van der Waals surface area contributed by atoms with Gasteiger partial charge in [-0.1, -0.05) is 11.2 Å². The lowest BCUT2D eigenvalue weighted by molar-refractivity contribution is -0.688. The van der Waals surface area contributed by atoms with Crippen LogP contribution in [-0.2, 0) is 6.54 Å². The number of halogens is 5. The van der Waals surface area contributed by atoms with E-state index in [1.807, 2.05) is 0 Å². The zero-order chi connectivity index (χ0) is 23.9. The third-order valence-corrected chi connectivity index (χ3v) is 4.97. The van der Waals surface area contributed by atoms with Gasteiger partial charge in [-0.15, -0.1) is 13.2 Å². The monoisotopic (exact) mass is 473 g/mol. The maximum absolute atomic E-state index is 14.1. The summed E-state index contributed by atoms with van der Waals surface area (Å²) in [6.07, 6.45) is -1.30. The Balaban J connectivity index is 1.34. The molecule has 5 aromatic rings. The van der Waals surface area contributed by atoms with Crippen LogP contribution in [0.4, 0.5) is 22.0 Å². The quantitative estimate of drug-likeness (QED) is 0.274. The highest BCUT2D eigenvalue weighted by Gasteiger charge is 2.31. The van der Waals surface area contributed by atoms with Gasteiger partial charge in [0.2, 0.25) is 12.3 Å². The van der Waals surface area contributed by atoms with Crippen LogP contribution in [0.5, 0.6) is 5.75 Å². The first-order valence-electron chi connectivity index (χ1n) is 9.90. The molecule has 0 saturated heterocycles. The summed E-state index contributed by atoms with van der Waals surface area (Å²) in [5, 5.41) is 3.96. The maximum Gasteiger partial charge on any atom is 0.573 e. The number of nitrogens with zero attached hydrogens (tertiary/aromatic N) is 3. The fourth-order valence-electron chi connectivity index (χ4n) is 3.44. The summed E-state index contributed by atoms with van der Waals surface area (Å²) < 4.78 is 75.5. The zero-order valence-electron chi connectivity index (χ0n) is 17.1. The number of aromatic nitrogens is 4. The Labute approximate surface area is 188 Å². The number of benzene rings is 2. The number of pyridine rings is 1. The predicted octanol–water partition coefficient (Wildman–Crippen LogP) is 5.40. The maximum atomic E-state index is 14.1. The lowest BCUT2D eigenvalue weighted by Crippen LogP contribution is -2.32.